The summed E-state index contributed by atoms with van der Waals surface area (Å²) in [4.78, 5) is 0. The van der Waals surface area contributed by atoms with Crippen LogP contribution in [0, 0.1) is 5.92 Å². The van der Waals surface area contributed by atoms with Crippen LogP contribution in [0.5, 0.6) is 0 Å². The predicted octanol–water partition coefficient (Wildman–Crippen LogP) is 3.28. The van der Waals surface area contributed by atoms with E-state index in [0.717, 1.165) is 6.42 Å². The van der Waals surface area contributed by atoms with E-state index in [1.54, 1.807) is 0 Å². The molecule has 0 fully saturated rings. The maximum absolute atomic E-state index is 5.01. The maximum atomic E-state index is 5.01. The van der Waals surface area contributed by atoms with Gasteiger partial charge >= 0.3 is 93.2 Å². The molecule has 15 heavy (non-hydrogen) atoms. The molecule has 1 nitrogen and oxygen atoms in total. The van der Waals surface area contributed by atoms with E-state index in [-0.39, 0.29) is 0 Å². The third-order valence-corrected chi connectivity index (χ3v) is 2.18. The van der Waals surface area contributed by atoms with Gasteiger partial charge in [-0.25, -0.2) is 0 Å². The van der Waals surface area contributed by atoms with Gasteiger partial charge in [0.25, 0.3) is 0 Å². The van der Waals surface area contributed by atoms with Gasteiger partial charge < -0.3 is 0 Å². The molecule has 1 atom stereocenters. The molecule has 0 aromatic rings. The fourth-order valence-corrected chi connectivity index (χ4v) is 1.31. The first-order valence-corrected chi connectivity index (χ1v) is 5.12. The molecule has 0 bridgehead atoms. The fourth-order valence-electron chi connectivity index (χ4n) is 1.31. The van der Waals surface area contributed by atoms with Gasteiger partial charge in [-0.3, -0.25) is 0 Å². The van der Waals surface area contributed by atoms with Gasteiger partial charge in [-0.1, -0.05) is 0 Å². The number of allylic oxidation sites excluding steroid dienone is 5. The summed E-state index contributed by atoms with van der Waals surface area (Å²) in [5.74, 6) is 0.978. The molecule has 0 rings (SSSR count). The Kier molecular flexibility index (Phi) is 7.34. The van der Waals surface area contributed by atoms with Crippen LogP contribution in [-0.4, -0.2) is 13.6 Å². The first kappa shape index (κ1) is 13.7. The van der Waals surface area contributed by atoms with Crippen molar-refractivity contribution in [2.24, 2.45) is 5.92 Å². The molecule has 0 aromatic heterocycles. The molecule has 0 spiro atoms. The first-order valence-electron chi connectivity index (χ1n) is 5.12. The van der Waals surface area contributed by atoms with Gasteiger partial charge in [0.2, 0.25) is 0 Å². The summed E-state index contributed by atoms with van der Waals surface area (Å²) in [6.07, 6.45) is 8.91. The van der Waals surface area contributed by atoms with E-state index in [0.29, 0.717) is 11.7 Å². The van der Waals surface area contributed by atoms with Crippen LogP contribution in [-0.2, 0) is 4.65 Å². The van der Waals surface area contributed by atoms with Crippen molar-refractivity contribution in [1.29, 1.82) is 0 Å². The average Bonchev–Trinajstić information content (AvgIpc) is 2.24. The van der Waals surface area contributed by atoms with Crippen LogP contribution < -0.4 is 0 Å². The molecule has 0 radical (unpaired) electrons. The van der Waals surface area contributed by atoms with Gasteiger partial charge in [-0.05, 0) is 0 Å². The summed E-state index contributed by atoms with van der Waals surface area (Å²) in [5, 5.41) is 0. The quantitative estimate of drug-likeness (QED) is 0.266. The van der Waals surface area contributed by atoms with Crippen LogP contribution in [0.25, 0.3) is 0 Å². The van der Waals surface area contributed by atoms with Crippen molar-refractivity contribution >= 4 is 13.6 Å². The Morgan fingerprint density at radius 3 is 2.53 bits per heavy atom. The van der Waals surface area contributed by atoms with E-state index < -0.39 is 0 Å². The summed E-state index contributed by atoms with van der Waals surface area (Å²) >= 11 is 0. The topological polar surface area (TPSA) is 9.23 Å². The van der Waals surface area contributed by atoms with Crippen molar-refractivity contribution in [3.8, 4) is 0 Å². The second-order valence-corrected chi connectivity index (χ2v) is 3.12. The minimum atomic E-state index is 0.391. The second-order valence-electron chi connectivity index (χ2n) is 3.12. The third kappa shape index (κ3) is 5.21. The molecule has 0 aliphatic carbocycles. The van der Waals surface area contributed by atoms with Gasteiger partial charge in [0.15, 0.2) is 0 Å². The van der Waals surface area contributed by atoms with Gasteiger partial charge in [-0.15, -0.1) is 0 Å². The minimum absolute atomic E-state index is 0.391. The van der Waals surface area contributed by atoms with Crippen LogP contribution in [0.4, 0.5) is 0 Å². The molecule has 0 N–H and O–H groups in total. The molecule has 0 aromatic carbocycles. The molecule has 80 valence electrons. The molecule has 0 aliphatic rings. The fraction of sp³-hybridized carbons (Fsp3) is 0.308. The number of rotatable bonds is 7. The second kappa shape index (κ2) is 8.04. The van der Waals surface area contributed by atoms with E-state index in [9.17, 15) is 0 Å². The summed E-state index contributed by atoms with van der Waals surface area (Å²) in [6.45, 7) is 15.2. The third-order valence-electron chi connectivity index (χ3n) is 2.18. The van der Waals surface area contributed by atoms with Crippen molar-refractivity contribution in [1.82, 2.24) is 0 Å². The zero-order valence-electron chi connectivity index (χ0n) is 9.70. The van der Waals surface area contributed by atoms with E-state index in [4.69, 9.17) is 4.65 Å². The van der Waals surface area contributed by atoms with Gasteiger partial charge in [-0.2, -0.15) is 0 Å². The summed E-state index contributed by atoms with van der Waals surface area (Å²) in [5.41, 5.74) is 1.22. The Morgan fingerprint density at radius 2 is 2.13 bits per heavy atom. The Bertz CT molecular complexity index is 287. The van der Waals surface area contributed by atoms with Gasteiger partial charge in [0.1, 0.15) is 0 Å². The Labute approximate surface area is 93.8 Å². The normalized spacial score (nSPS) is 13.3. The van der Waals surface area contributed by atoms with E-state index in [1.165, 1.54) is 12.7 Å². The Morgan fingerprint density at radius 1 is 1.47 bits per heavy atom. The SMILES string of the molecule is C=BOC(=C)/C=C\C(=C/C)[C@H](C=C)CC. The zero-order valence-corrected chi connectivity index (χ0v) is 9.70. The van der Waals surface area contributed by atoms with E-state index >= 15 is 0 Å². The molecule has 0 heterocycles. The molecular weight excluding hydrogens is 183 g/mol. The molecule has 0 saturated carbocycles. The van der Waals surface area contributed by atoms with E-state index in [1.807, 2.05) is 25.2 Å². The number of hydrogen-bond donors (Lipinski definition) is 0. The predicted molar refractivity (Wildman–Crippen MR) is 70.0 cm³/mol. The average molecular weight is 202 g/mol. The summed E-state index contributed by atoms with van der Waals surface area (Å²) in [7, 11) is 1.37. The van der Waals surface area contributed by atoms with Crippen LogP contribution in [0.2, 0.25) is 0 Å². The summed E-state index contributed by atoms with van der Waals surface area (Å²) < 4.78 is 5.01. The summed E-state index contributed by atoms with van der Waals surface area (Å²) in [6, 6.07) is 0. The van der Waals surface area contributed by atoms with Crippen LogP contribution in [0.3, 0.4) is 0 Å². The van der Waals surface area contributed by atoms with E-state index in [2.05, 4.69) is 32.6 Å². The zero-order chi connectivity index (χ0) is 11.7. The Hall–Kier alpha value is -1.31. The molecule has 0 amide bonds. The molecule has 2 heteroatoms. The van der Waals surface area contributed by atoms with Gasteiger partial charge in [0, 0.05) is 0 Å². The van der Waals surface area contributed by atoms with Crippen LogP contribution in [0.15, 0.2) is 48.8 Å². The van der Waals surface area contributed by atoms with Crippen molar-refractivity contribution < 1.29 is 4.65 Å². The standard InChI is InChI=1S/C13H19BO/c1-6-12(7-2)13(8-3)10-9-11(4)15-14-5/h6,8-10,12H,1,4-5,7H2,2-3H3/b10-9-,13-8+/t12-/m1/s1. The monoisotopic (exact) mass is 202 g/mol. The molecule has 0 saturated heterocycles. The number of hydrogen-bond acceptors (Lipinski definition) is 1. The van der Waals surface area contributed by atoms with Crippen molar-refractivity contribution in [2.75, 3.05) is 0 Å². The molecule has 0 unspecified atom stereocenters. The van der Waals surface area contributed by atoms with Gasteiger partial charge in [0.05, 0.1) is 0 Å². The van der Waals surface area contributed by atoms with Crippen LogP contribution in [0.1, 0.15) is 20.3 Å². The first-order chi connectivity index (χ1) is 7.19. The van der Waals surface area contributed by atoms with Crippen LogP contribution >= 0.6 is 0 Å². The molecular formula is C13H19BO. The Balaban J connectivity index is 4.52. The van der Waals surface area contributed by atoms with Crippen molar-refractivity contribution in [2.45, 2.75) is 20.3 Å². The van der Waals surface area contributed by atoms with Crippen molar-refractivity contribution in [3.05, 3.63) is 48.8 Å². The van der Waals surface area contributed by atoms with Crippen molar-refractivity contribution in [3.63, 3.8) is 0 Å². The molecule has 0 aliphatic heterocycles.